The maximum Gasteiger partial charge on any atom is 0.416 e. The number of methoxy groups -OCH3 is 1. The van der Waals surface area contributed by atoms with Crippen LogP contribution < -0.4 is 4.74 Å². The van der Waals surface area contributed by atoms with Gasteiger partial charge in [0.2, 0.25) is 0 Å². The Hall–Kier alpha value is -2.57. The van der Waals surface area contributed by atoms with Gasteiger partial charge in [0.05, 0.1) is 12.7 Å². The van der Waals surface area contributed by atoms with Crippen molar-refractivity contribution in [3.05, 3.63) is 64.5 Å². The summed E-state index contributed by atoms with van der Waals surface area (Å²) in [4.78, 5) is 10.8. The standard InChI is InChI=1S/C25H28F4O3/c1-15(21-9-8-20(26)14-23(21)32-2)11-16-3-4-18(12-16)19-6-5-17(7-10-24(30)31)22(13-19)25(27,28)29/h5-6,8-9,13-16,18H,3-4,7,10-12H2,1-2H3,(H,30,31)/t15-,16+,18-/m0/s1. The third-order valence-corrected chi connectivity index (χ3v) is 6.47. The number of alkyl halides is 3. The Bertz CT molecular complexity index is 955. The summed E-state index contributed by atoms with van der Waals surface area (Å²) in [5.41, 5.74) is 0.879. The van der Waals surface area contributed by atoms with Gasteiger partial charge in [0.25, 0.3) is 0 Å². The minimum Gasteiger partial charge on any atom is -0.496 e. The molecule has 0 amide bonds. The minimum atomic E-state index is -4.52. The molecule has 0 spiro atoms. The molecular weight excluding hydrogens is 424 g/mol. The van der Waals surface area contributed by atoms with Crippen molar-refractivity contribution in [2.24, 2.45) is 5.92 Å². The highest BCUT2D eigenvalue weighted by Gasteiger charge is 2.35. The van der Waals surface area contributed by atoms with Crippen LogP contribution in [0.15, 0.2) is 36.4 Å². The number of carboxylic acid groups (broad SMARTS) is 1. The monoisotopic (exact) mass is 452 g/mol. The largest absolute Gasteiger partial charge is 0.496 e. The second-order valence-corrected chi connectivity index (χ2v) is 8.71. The fraction of sp³-hybridized carbons (Fsp3) is 0.480. The highest BCUT2D eigenvalue weighted by molar-refractivity contribution is 5.67. The normalized spacial score (nSPS) is 19.7. The number of rotatable bonds is 8. The van der Waals surface area contributed by atoms with E-state index in [1.165, 1.54) is 31.4 Å². The Morgan fingerprint density at radius 3 is 2.59 bits per heavy atom. The lowest BCUT2D eigenvalue weighted by Crippen LogP contribution is -2.12. The van der Waals surface area contributed by atoms with Gasteiger partial charge in [-0.15, -0.1) is 0 Å². The van der Waals surface area contributed by atoms with Gasteiger partial charge in [-0.3, -0.25) is 4.79 Å². The number of carbonyl (C=O) groups is 1. The van der Waals surface area contributed by atoms with Crippen LogP contribution in [0.4, 0.5) is 17.6 Å². The number of aliphatic carboxylic acids is 1. The summed E-state index contributed by atoms with van der Waals surface area (Å²) >= 11 is 0. The lowest BCUT2D eigenvalue weighted by Gasteiger charge is -2.20. The second-order valence-electron chi connectivity index (χ2n) is 8.71. The first kappa shape index (κ1) is 24.1. The van der Waals surface area contributed by atoms with Crippen molar-refractivity contribution in [2.75, 3.05) is 7.11 Å². The van der Waals surface area contributed by atoms with Crippen LogP contribution in [0.25, 0.3) is 0 Å². The van der Waals surface area contributed by atoms with Crippen molar-refractivity contribution < 1.29 is 32.2 Å². The Kier molecular flexibility index (Phi) is 7.47. The van der Waals surface area contributed by atoms with Gasteiger partial charge < -0.3 is 9.84 Å². The summed E-state index contributed by atoms with van der Waals surface area (Å²) in [6, 6.07) is 8.87. The summed E-state index contributed by atoms with van der Waals surface area (Å²) in [6.45, 7) is 2.06. The number of hydrogen-bond donors (Lipinski definition) is 1. The zero-order valence-corrected chi connectivity index (χ0v) is 18.2. The lowest BCUT2D eigenvalue weighted by atomic mass is 9.87. The first-order valence-corrected chi connectivity index (χ1v) is 10.8. The van der Waals surface area contributed by atoms with E-state index in [9.17, 15) is 22.4 Å². The van der Waals surface area contributed by atoms with Crippen molar-refractivity contribution in [1.29, 1.82) is 0 Å². The summed E-state index contributed by atoms with van der Waals surface area (Å²) in [6.07, 6.45) is -1.63. The van der Waals surface area contributed by atoms with Gasteiger partial charge in [-0.05, 0) is 78.7 Å². The molecular formula is C25H28F4O3. The Morgan fingerprint density at radius 2 is 1.94 bits per heavy atom. The van der Waals surface area contributed by atoms with E-state index in [1.54, 1.807) is 12.1 Å². The Balaban J connectivity index is 1.71. The molecule has 0 heterocycles. The molecule has 3 rings (SSSR count). The highest BCUT2D eigenvalue weighted by atomic mass is 19.4. The van der Waals surface area contributed by atoms with E-state index in [1.807, 2.05) is 0 Å². The zero-order chi connectivity index (χ0) is 23.5. The number of carboxylic acids is 1. The Labute approximate surface area is 185 Å². The average Bonchev–Trinajstić information content (AvgIpc) is 3.19. The van der Waals surface area contributed by atoms with Gasteiger partial charge in [-0.2, -0.15) is 13.2 Å². The molecule has 0 radical (unpaired) electrons. The molecule has 1 aliphatic carbocycles. The van der Waals surface area contributed by atoms with Crippen molar-refractivity contribution in [3.8, 4) is 5.75 Å². The van der Waals surface area contributed by atoms with Crippen LogP contribution in [-0.2, 0) is 17.4 Å². The second kappa shape index (κ2) is 9.92. The summed E-state index contributed by atoms with van der Waals surface area (Å²) in [7, 11) is 1.51. The van der Waals surface area contributed by atoms with Crippen LogP contribution in [0.2, 0.25) is 0 Å². The van der Waals surface area contributed by atoms with E-state index in [2.05, 4.69) is 6.92 Å². The van der Waals surface area contributed by atoms with Crippen LogP contribution >= 0.6 is 0 Å². The van der Waals surface area contributed by atoms with Crippen molar-refractivity contribution in [1.82, 2.24) is 0 Å². The quantitative estimate of drug-likeness (QED) is 0.441. The summed E-state index contributed by atoms with van der Waals surface area (Å²) < 4.78 is 59.6. The number of aryl methyl sites for hydroxylation is 1. The SMILES string of the molecule is COc1cc(F)ccc1[C@@H](C)C[C@H]1CC[C@H](c2ccc(CCC(=O)O)c(C(F)(F)F)c2)C1. The molecule has 7 heteroatoms. The van der Waals surface area contributed by atoms with Crippen LogP contribution in [0, 0.1) is 11.7 Å². The molecule has 3 nitrogen and oxygen atoms in total. The van der Waals surface area contributed by atoms with Gasteiger partial charge in [-0.1, -0.05) is 25.1 Å². The highest BCUT2D eigenvalue weighted by Crippen LogP contribution is 2.45. The van der Waals surface area contributed by atoms with Crippen molar-refractivity contribution in [2.45, 2.75) is 63.5 Å². The van der Waals surface area contributed by atoms with E-state index in [0.29, 0.717) is 17.2 Å². The van der Waals surface area contributed by atoms with E-state index in [4.69, 9.17) is 9.84 Å². The first-order chi connectivity index (χ1) is 15.1. The fourth-order valence-electron chi connectivity index (χ4n) is 4.88. The molecule has 3 atom stereocenters. The van der Waals surface area contributed by atoms with E-state index < -0.39 is 17.7 Å². The Morgan fingerprint density at radius 1 is 1.19 bits per heavy atom. The average molecular weight is 452 g/mol. The van der Waals surface area contributed by atoms with Gasteiger partial charge in [-0.25, -0.2) is 4.39 Å². The molecule has 0 saturated heterocycles. The molecule has 0 bridgehead atoms. The van der Waals surface area contributed by atoms with Gasteiger partial charge in [0.15, 0.2) is 0 Å². The van der Waals surface area contributed by atoms with Gasteiger partial charge >= 0.3 is 12.1 Å². The summed E-state index contributed by atoms with van der Waals surface area (Å²) in [5, 5.41) is 8.82. The van der Waals surface area contributed by atoms with Crippen LogP contribution in [0.1, 0.15) is 73.1 Å². The van der Waals surface area contributed by atoms with E-state index >= 15 is 0 Å². The number of ether oxygens (including phenoxy) is 1. The summed E-state index contributed by atoms with van der Waals surface area (Å²) in [5.74, 6) is -0.432. The zero-order valence-electron chi connectivity index (χ0n) is 18.2. The molecule has 1 N–H and O–H groups in total. The van der Waals surface area contributed by atoms with Crippen molar-refractivity contribution >= 4 is 5.97 Å². The van der Waals surface area contributed by atoms with Crippen LogP contribution in [0.3, 0.4) is 0 Å². The molecule has 174 valence electrons. The number of halogens is 4. The third-order valence-electron chi connectivity index (χ3n) is 6.47. The maximum atomic E-state index is 13.6. The maximum absolute atomic E-state index is 13.6. The first-order valence-electron chi connectivity index (χ1n) is 10.8. The molecule has 1 aliphatic rings. The molecule has 0 aliphatic heterocycles. The van der Waals surface area contributed by atoms with Crippen LogP contribution in [0.5, 0.6) is 5.75 Å². The number of hydrogen-bond acceptors (Lipinski definition) is 2. The molecule has 1 saturated carbocycles. The minimum absolute atomic E-state index is 0.0234. The molecule has 32 heavy (non-hydrogen) atoms. The third kappa shape index (κ3) is 5.81. The predicted molar refractivity (Wildman–Crippen MR) is 113 cm³/mol. The molecule has 2 aromatic carbocycles. The molecule has 0 unspecified atom stereocenters. The van der Waals surface area contributed by atoms with Crippen LogP contribution in [-0.4, -0.2) is 18.2 Å². The van der Waals surface area contributed by atoms with E-state index in [-0.39, 0.29) is 36.1 Å². The van der Waals surface area contributed by atoms with Crippen molar-refractivity contribution in [3.63, 3.8) is 0 Å². The van der Waals surface area contributed by atoms with Gasteiger partial charge in [0.1, 0.15) is 11.6 Å². The molecule has 1 fully saturated rings. The lowest BCUT2D eigenvalue weighted by molar-refractivity contribution is -0.140. The smallest absolute Gasteiger partial charge is 0.416 e. The number of benzene rings is 2. The van der Waals surface area contributed by atoms with Gasteiger partial charge in [0, 0.05) is 12.5 Å². The fourth-order valence-corrected chi connectivity index (χ4v) is 4.88. The molecule has 0 aromatic heterocycles. The molecule has 2 aromatic rings. The predicted octanol–water partition coefficient (Wildman–Crippen LogP) is 6.95. The topological polar surface area (TPSA) is 46.5 Å². The van der Waals surface area contributed by atoms with E-state index in [0.717, 1.165) is 31.2 Å².